The number of likely N-dealkylation sites (tertiary alicyclic amines) is 1. The predicted octanol–water partition coefficient (Wildman–Crippen LogP) is 2.60. The minimum atomic E-state index is -0.304. The molecule has 0 bridgehead atoms. The minimum absolute atomic E-state index is 0.0381. The Bertz CT molecular complexity index is 587. The van der Waals surface area contributed by atoms with Crippen LogP contribution in [0.15, 0.2) is 18.2 Å². The Hall–Kier alpha value is -1.75. The first-order chi connectivity index (χ1) is 10.3. The van der Waals surface area contributed by atoms with Gasteiger partial charge < -0.3 is 15.1 Å². The Labute approximate surface area is 136 Å². The number of carbonyl (C=O) groups excluding carboxylic acids is 2. The average molecular weight is 324 g/mol. The second-order valence-corrected chi connectivity index (χ2v) is 6.50. The molecule has 5 nitrogen and oxygen atoms in total. The Morgan fingerprint density at radius 3 is 2.59 bits per heavy atom. The molecule has 0 saturated carbocycles. The third kappa shape index (κ3) is 3.53. The maximum absolute atomic E-state index is 12.3. The van der Waals surface area contributed by atoms with Crippen LogP contribution in [-0.4, -0.2) is 43.4 Å². The number of hydrogen-bond donors (Lipinski definition) is 1. The van der Waals surface area contributed by atoms with E-state index in [1.807, 2.05) is 45.0 Å². The molecule has 120 valence electrons. The lowest BCUT2D eigenvalue weighted by atomic mass is 10.1. The lowest BCUT2D eigenvalue weighted by Crippen LogP contribution is -2.33. The first kappa shape index (κ1) is 16.6. The van der Waals surface area contributed by atoms with Crippen molar-refractivity contribution in [1.82, 2.24) is 4.90 Å². The molecule has 1 saturated heterocycles. The first-order valence-corrected chi connectivity index (χ1v) is 7.74. The van der Waals surface area contributed by atoms with Crippen LogP contribution in [0.25, 0.3) is 0 Å². The molecule has 1 aromatic rings. The highest BCUT2D eigenvalue weighted by Crippen LogP contribution is 2.28. The monoisotopic (exact) mass is 323 g/mol. The van der Waals surface area contributed by atoms with Gasteiger partial charge in [0.15, 0.2) is 0 Å². The smallest absolute Gasteiger partial charge is 0.229 e. The van der Waals surface area contributed by atoms with Crippen molar-refractivity contribution < 1.29 is 9.59 Å². The summed E-state index contributed by atoms with van der Waals surface area (Å²) in [6, 6.07) is 5.53. The van der Waals surface area contributed by atoms with Gasteiger partial charge in [-0.1, -0.05) is 11.6 Å². The third-order valence-electron chi connectivity index (χ3n) is 3.85. The predicted molar refractivity (Wildman–Crippen MR) is 89.4 cm³/mol. The van der Waals surface area contributed by atoms with E-state index in [0.717, 1.165) is 5.69 Å². The van der Waals surface area contributed by atoms with Crippen molar-refractivity contribution >= 4 is 34.8 Å². The molecule has 1 aliphatic rings. The molecule has 2 rings (SSSR count). The van der Waals surface area contributed by atoms with Crippen molar-refractivity contribution in [2.45, 2.75) is 26.3 Å². The van der Waals surface area contributed by atoms with Gasteiger partial charge in [-0.2, -0.15) is 0 Å². The van der Waals surface area contributed by atoms with E-state index in [2.05, 4.69) is 5.32 Å². The number of nitrogens with zero attached hydrogens (tertiary/aromatic N) is 2. The number of benzene rings is 1. The van der Waals surface area contributed by atoms with Crippen LogP contribution >= 0.6 is 11.6 Å². The molecule has 0 radical (unpaired) electrons. The average Bonchev–Trinajstić information content (AvgIpc) is 2.80. The largest absolute Gasteiger partial charge is 0.376 e. The second kappa shape index (κ2) is 6.57. The highest BCUT2D eigenvalue weighted by atomic mass is 35.5. The highest BCUT2D eigenvalue weighted by Gasteiger charge is 2.35. The molecular formula is C16H22ClN3O2. The van der Waals surface area contributed by atoms with Gasteiger partial charge in [0.25, 0.3) is 0 Å². The second-order valence-electron chi connectivity index (χ2n) is 6.09. The summed E-state index contributed by atoms with van der Waals surface area (Å²) < 4.78 is 0. The van der Waals surface area contributed by atoms with Crippen molar-refractivity contribution in [3.05, 3.63) is 23.2 Å². The molecule has 22 heavy (non-hydrogen) atoms. The van der Waals surface area contributed by atoms with Crippen LogP contribution < -0.4 is 10.2 Å². The van der Waals surface area contributed by atoms with Gasteiger partial charge in [-0.3, -0.25) is 9.59 Å². The highest BCUT2D eigenvalue weighted by molar-refractivity contribution is 6.33. The summed E-state index contributed by atoms with van der Waals surface area (Å²) >= 11 is 6.20. The van der Waals surface area contributed by atoms with E-state index < -0.39 is 0 Å². The van der Waals surface area contributed by atoms with Crippen LogP contribution in [0.5, 0.6) is 0 Å². The van der Waals surface area contributed by atoms with Gasteiger partial charge >= 0.3 is 0 Å². The molecule has 1 aromatic carbocycles. The van der Waals surface area contributed by atoms with Gasteiger partial charge in [-0.25, -0.2) is 0 Å². The Morgan fingerprint density at radius 2 is 2.09 bits per heavy atom. The zero-order valence-electron chi connectivity index (χ0n) is 13.4. The molecule has 0 aliphatic carbocycles. The van der Waals surface area contributed by atoms with Crippen LogP contribution in [0.2, 0.25) is 5.02 Å². The summed E-state index contributed by atoms with van der Waals surface area (Å²) in [7, 11) is 3.81. The number of hydrogen-bond acceptors (Lipinski definition) is 3. The van der Waals surface area contributed by atoms with Gasteiger partial charge in [-0.05, 0) is 32.0 Å². The van der Waals surface area contributed by atoms with E-state index in [1.165, 1.54) is 0 Å². The number of amides is 2. The molecule has 1 unspecified atom stereocenters. The summed E-state index contributed by atoms with van der Waals surface area (Å²) in [5, 5.41) is 3.43. The molecule has 1 heterocycles. The quantitative estimate of drug-likeness (QED) is 0.926. The summed E-state index contributed by atoms with van der Waals surface area (Å²) in [5.41, 5.74) is 1.54. The Morgan fingerprint density at radius 1 is 1.41 bits per heavy atom. The molecule has 0 spiro atoms. The number of rotatable bonds is 4. The minimum Gasteiger partial charge on any atom is -0.376 e. The van der Waals surface area contributed by atoms with Gasteiger partial charge in [0.05, 0.1) is 16.6 Å². The van der Waals surface area contributed by atoms with E-state index in [1.54, 1.807) is 11.0 Å². The Balaban J connectivity index is 2.04. The van der Waals surface area contributed by atoms with E-state index in [4.69, 9.17) is 11.6 Å². The maximum atomic E-state index is 12.3. The van der Waals surface area contributed by atoms with E-state index >= 15 is 0 Å². The molecule has 2 amide bonds. The Kier molecular flexibility index (Phi) is 4.96. The van der Waals surface area contributed by atoms with Crippen LogP contribution in [0.3, 0.4) is 0 Å². The van der Waals surface area contributed by atoms with Crippen molar-refractivity contribution in [3.63, 3.8) is 0 Å². The fourth-order valence-corrected chi connectivity index (χ4v) is 2.95. The first-order valence-electron chi connectivity index (χ1n) is 7.36. The van der Waals surface area contributed by atoms with Crippen LogP contribution in [-0.2, 0) is 9.59 Å². The van der Waals surface area contributed by atoms with Crippen molar-refractivity contribution in [2.75, 3.05) is 30.9 Å². The summed E-state index contributed by atoms with van der Waals surface area (Å²) in [4.78, 5) is 27.8. The van der Waals surface area contributed by atoms with E-state index in [-0.39, 0.29) is 30.2 Å². The molecule has 1 aliphatic heterocycles. The van der Waals surface area contributed by atoms with Gasteiger partial charge in [0.1, 0.15) is 0 Å². The molecule has 6 heteroatoms. The van der Waals surface area contributed by atoms with Crippen LogP contribution in [0, 0.1) is 5.92 Å². The SMILES string of the molecule is CC(C)N1CC(C(=O)Nc2ccc(N(C)C)c(Cl)c2)CC1=O. The number of halogens is 1. The van der Waals surface area contributed by atoms with E-state index in [9.17, 15) is 9.59 Å². The standard InChI is InChI=1S/C16H22ClN3O2/c1-10(2)20-9-11(7-15(20)21)16(22)18-12-5-6-14(19(3)4)13(17)8-12/h5-6,8,10-11H,7,9H2,1-4H3,(H,18,22). The van der Waals surface area contributed by atoms with Crippen LogP contribution in [0.1, 0.15) is 20.3 Å². The van der Waals surface area contributed by atoms with Crippen molar-refractivity contribution in [3.8, 4) is 0 Å². The zero-order chi connectivity index (χ0) is 16.4. The number of anilines is 2. The fourth-order valence-electron chi connectivity index (χ4n) is 2.60. The lowest BCUT2D eigenvalue weighted by molar-refractivity contribution is -0.129. The van der Waals surface area contributed by atoms with Gasteiger partial charge in [0, 0.05) is 38.8 Å². The molecular weight excluding hydrogens is 302 g/mol. The lowest BCUT2D eigenvalue weighted by Gasteiger charge is -2.20. The van der Waals surface area contributed by atoms with Crippen molar-refractivity contribution in [1.29, 1.82) is 0 Å². The van der Waals surface area contributed by atoms with Gasteiger partial charge in [0.2, 0.25) is 11.8 Å². The summed E-state index contributed by atoms with van der Waals surface area (Å²) in [6.07, 6.45) is 0.271. The number of nitrogens with one attached hydrogen (secondary N) is 1. The fraction of sp³-hybridized carbons (Fsp3) is 0.500. The molecule has 0 aromatic heterocycles. The van der Waals surface area contributed by atoms with Crippen LogP contribution in [0.4, 0.5) is 11.4 Å². The molecule has 1 fully saturated rings. The van der Waals surface area contributed by atoms with Gasteiger partial charge in [-0.15, -0.1) is 0 Å². The normalized spacial score (nSPS) is 18.0. The number of carbonyl (C=O) groups is 2. The summed E-state index contributed by atoms with van der Waals surface area (Å²) in [6.45, 7) is 4.39. The molecule has 1 N–H and O–H groups in total. The maximum Gasteiger partial charge on any atom is 0.229 e. The third-order valence-corrected chi connectivity index (χ3v) is 4.15. The zero-order valence-corrected chi connectivity index (χ0v) is 14.1. The topological polar surface area (TPSA) is 52.7 Å². The van der Waals surface area contributed by atoms with Crippen molar-refractivity contribution in [2.24, 2.45) is 5.92 Å². The summed E-state index contributed by atoms with van der Waals surface area (Å²) in [5.74, 6) is -0.400. The van der Waals surface area contributed by atoms with E-state index in [0.29, 0.717) is 17.3 Å². The molecule has 1 atom stereocenters.